The van der Waals surface area contributed by atoms with Crippen molar-refractivity contribution in [2.45, 2.75) is 83.2 Å². The molecule has 0 radical (unpaired) electrons. The number of urea groups is 1. The van der Waals surface area contributed by atoms with Gasteiger partial charge < -0.3 is 20.1 Å². The van der Waals surface area contributed by atoms with E-state index in [-0.39, 0.29) is 47.0 Å². The van der Waals surface area contributed by atoms with E-state index in [1.54, 1.807) is 30.3 Å². The molecule has 2 saturated heterocycles. The number of rotatable bonds is 16. The molecule has 0 spiro atoms. The van der Waals surface area contributed by atoms with E-state index in [0.717, 1.165) is 30.6 Å². The number of amides is 6. The van der Waals surface area contributed by atoms with Gasteiger partial charge in [-0.3, -0.25) is 24.1 Å². The normalized spacial score (nSPS) is 17.7. The average Bonchev–Trinajstić information content (AvgIpc) is 2.96. The van der Waals surface area contributed by atoms with Crippen LogP contribution in [0, 0.1) is 0 Å². The molecule has 232 valence electrons. The Morgan fingerprint density at radius 3 is 2.05 bits per heavy atom. The van der Waals surface area contributed by atoms with E-state index in [2.05, 4.69) is 17.6 Å². The van der Waals surface area contributed by atoms with E-state index in [1.165, 1.54) is 43.4 Å². The van der Waals surface area contributed by atoms with Crippen LogP contribution in [0.2, 0.25) is 0 Å². The first kappa shape index (κ1) is 36.7. The van der Waals surface area contributed by atoms with Crippen molar-refractivity contribution in [3.8, 4) is 0 Å². The van der Waals surface area contributed by atoms with Crippen molar-refractivity contribution >= 4 is 40.0 Å². The minimum atomic E-state index is -4.99. The van der Waals surface area contributed by atoms with Crippen LogP contribution in [0.5, 0.6) is 0 Å². The maximum Gasteiger partial charge on any atom is 1.00 e. The average molecular weight is 630 g/mol. The molecule has 0 bridgehead atoms. The smallest absolute Gasteiger partial charge is 0.731 e. The Bertz CT molecular complexity index is 1230. The molecule has 2 fully saturated rings. The number of unbranched alkanes of at least 4 members (excludes halogenated alkanes) is 9. The third kappa shape index (κ3) is 10.6. The summed E-state index contributed by atoms with van der Waals surface area (Å²) in [4.78, 5) is 65.8. The molecule has 1 aromatic rings. The summed E-state index contributed by atoms with van der Waals surface area (Å²) < 4.78 is 33.3. The van der Waals surface area contributed by atoms with Gasteiger partial charge in [-0.05, 0) is 12.0 Å². The zero-order valence-corrected chi connectivity index (χ0v) is 27.8. The minimum absolute atomic E-state index is 0. The van der Waals surface area contributed by atoms with Gasteiger partial charge in [-0.25, -0.2) is 17.5 Å². The van der Waals surface area contributed by atoms with Crippen LogP contribution in [0.4, 0.5) is 4.79 Å². The van der Waals surface area contributed by atoms with Crippen molar-refractivity contribution < 1.29 is 66.5 Å². The summed E-state index contributed by atoms with van der Waals surface area (Å²) in [5, 5.41) is 4.77. The summed E-state index contributed by atoms with van der Waals surface area (Å²) in [6.45, 7) is 2.22. The Balaban J connectivity index is 0.00000645. The third-order valence-electron chi connectivity index (χ3n) is 7.48. The maximum atomic E-state index is 13.1. The third-order valence-corrected chi connectivity index (χ3v) is 8.35. The monoisotopic (exact) mass is 629 g/mol. The van der Waals surface area contributed by atoms with Gasteiger partial charge >= 0.3 is 47.4 Å². The van der Waals surface area contributed by atoms with Gasteiger partial charge in [0.1, 0.15) is 12.1 Å². The number of β-lactam (4-membered cyclic amide) rings is 1. The largest absolute Gasteiger partial charge is 1.00 e. The summed E-state index contributed by atoms with van der Waals surface area (Å²) in [6.07, 6.45) is 11.5. The van der Waals surface area contributed by atoms with E-state index >= 15 is 0 Å². The minimum Gasteiger partial charge on any atom is -0.731 e. The van der Waals surface area contributed by atoms with Crippen LogP contribution in [0.25, 0.3) is 0 Å². The quantitative estimate of drug-likeness (QED) is 0.0755. The maximum absolute atomic E-state index is 13.1. The number of piperazine rings is 1. The fourth-order valence-electron chi connectivity index (χ4n) is 4.98. The Kier molecular flexibility index (Phi) is 15.1. The van der Waals surface area contributed by atoms with Gasteiger partial charge in [-0.2, -0.15) is 0 Å². The van der Waals surface area contributed by atoms with Crippen LogP contribution >= 0.6 is 0 Å². The molecular weight excluding hydrogens is 589 g/mol. The molecule has 43 heavy (non-hydrogen) atoms. The van der Waals surface area contributed by atoms with Crippen molar-refractivity contribution in [2.75, 3.05) is 26.2 Å². The summed E-state index contributed by atoms with van der Waals surface area (Å²) in [5.74, 6) is -3.72. The number of nitrogens with one attached hydrogen (secondary N) is 2. The number of hydrogen-bond acceptors (Lipinski definition) is 8. The summed E-state index contributed by atoms with van der Waals surface area (Å²) >= 11 is 0. The van der Waals surface area contributed by atoms with Gasteiger partial charge in [0.25, 0.3) is 5.91 Å². The van der Waals surface area contributed by atoms with Gasteiger partial charge in [-0.1, -0.05) is 95.0 Å². The van der Waals surface area contributed by atoms with Crippen molar-refractivity contribution in [1.82, 2.24) is 24.7 Å². The van der Waals surface area contributed by atoms with Crippen LogP contribution in [-0.4, -0.2) is 89.0 Å². The Hall–Kier alpha value is -2.52. The Morgan fingerprint density at radius 1 is 0.907 bits per heavy atom. The van der Waals surface area contributed by atoms with Gasteiger partial charge in [0.2, 0.25) is 5.91 Å². The van der Waals surface area contributed by atoms with Crippen molar-refractivity contribution in [3.63, 3.8) is 0 Å². The van der Waals surface area contributed by atoms with Crippen LogP contribution in [0.15, 0.2) is 30.3 Å². The van der Waals surface area contributed by atoms with Crippen molar-refractivity contribution in [2.24, 2.45) is 0 Å². The van der Waals surface area contributed by atoms with E-state index in [4.69, 9.17) is 0 Å². The predicted octanol–water partition coefficient (Wildman–Crippen LogP) is -1.18. The van der Waals surface area contributed by atoms with Crippen LogP contribution < -0.4 is 40.2 Å². The molecule has 2 heterocycles. The molecule has 2 N–H and O–H groups in total. The molecule has 3 rings (SSSR count). The second kappa shape index (κ2) is 17.7. The van der Waals surface area contributed by atoms with Gasteiger partial charge in [-0.15, -0.1) is 0 Å². The van der Waals surface area contributed by atoms with Gasteiger partial charge in [0.05, 0.1) is 6.54 Å². The summed E-state index contributed by atoms with van der Waals surface area (Å²) in [5.41, 5.74) is 0.321. The second-order valence-corrected chi connectivity index (χ2v) is 11.9. The molecule has 0 aliphatic carbocycles. The van der Waals surface area contributed by atoms with Crippen molar-refractivity contribution in [3.05, 3.63) is 35.9 Å². The Labute approximate surface area is 275 Å². The molecule has 1 aromatic carbocycles. The van der Waals surface area contributed by atoms with Gasteiger partial charge in [0.15, 0.2) is 10.3 Å². The van der Waals surface area contributed by atoms with Gasteiger partial charge in [0, 0.05) is 19.6 Å². The number of carbonyl (C=O) groups is 5. The summed E-state index contributed by atoms with van der Waals surface area (Å²) in [6, 6.07) is 4.41. The standard InChI is InChI=1S/C28H41N5O8S.Na/c1-2-3-4-5-6-7-8-9-10-14-17-31-18-19-32(27(37)26(31)36)28(38)30-23(21-15-12-11-13-16-21)24(34)29-22-20-33(25(22)35)42(39,40)41;/h11-13,15-16,22-23H,2-10,14,17-20H2,1H3,(H,29,34)(H,30,38)(H,39,40,41);/q;+1/p-1/t22?,23-;/m1./s1. The van der Waals surface area contributed by atoms with Crippen molar-refractivity contribution in [1.29, 1.82) is 0 Å². The number of hydrogen-bond donors (Lipinski definition) is 2. The number of benzene rings is 1. The number of nitrogens with zero attached hydrogens (tertiary/aromatic N) is 3. The first-order chi connectivity index (χ1) is 20.0. The zero-order chi connectivity index (χ0) is 30.7. The zero-order valence-electron chi connectivity index (χ0n) is 25.0. The van der Waals surface area contributed by atoms with E-state index in [9.17, 15) is 36.9 Å². The topological polar surface area (TPSA) is 176 Å². The first-order valence-corrected chi connectivity index (χ1v) is 15.9. The molecule has 13 nitrogen and oxygen atoms in total. The fraction of sp³-hybridized carbons (Fsp3) is 0.607. The SMILES string of the molecule is CCCCCCCCCCCCN1CCN(C(=O)N[C@@H](C(=O)NC2CN(S(=O)(=O)[O-])C2=O)c2ccccc2)C(=O)C1=O.[Na+]. The molecule has 0 aromatic heterocycles. The molecule has 1 unspecified atom stereocenters. The van der Waals surface area contributed by atoms with E-state index in [1.807, 2.05) is 0 Å². The fourth-order valence-corrected chi connectivity index (χ4v) is 5.66. The van der Waals surface area contributed by atoms with Crippen LogP contribution in [-0.2, 0) is 29.5 Å². The molecular formula is C28H40N5NaO8S. The number of imide groups is 1. The van der Waals surface area contributed by atoms with Crippen LogP contribution in [0.1, 0.15) is 82.7 Å². The second-order valence-electron chi connectivity index (χ2n) is 10.6. The molecule has 15 heteroatoms. The first-order valence-electron chi connectivity index (χ1n) is 14.6. The molecule has 2 atom stereocenters. The molecule has 2 aliphatic heterocycles. The summed E-state index contributed by atoms with van der Waals surface area (Å²) in [7, 11) is -4.99. The number of carbonyl (C=O) groups excluding carboxylic acids is 5. The molecule has 2 aliphatic rings. The predicted molar refractivity (Wildman–Crippen MR) is 151 cm³/mol. The van der Waals surface area contributed by atoms with E-state index < -0.39 is 58.6 Å². The molecule has 0 saturated carbocycles. The van der Waals surface area contributed by atoms with E-state index in [0.29, 0.717) is 12.1 Å². The molecule has 6 amide bonds. The Morgan fingerprint density at radius 2 is 1.49 bits per heavy atom. The van der Waals surface area contributed by atoms with Crippen LogP contribution in [0.3, 0.4) is 0 Å².